The van der Waals surface area contributed by atoms with Crippen LogP contribution in [0.3, 0.4) is 0 Å². The predicted octanol–water partition coefficient (Wildman–Crippen LogP) is 2.57. The number of halogens is 3. The fourth-order valence-corrected chi connectivity index (χ4v) is 2.12. The van der Waals surface area contributed by atoms with Crippen LogP contribution in [0.1, 0.15) is 18.1 Å². The van der Waals surface area contributed by atoms with Crippen molar-refractivity contribution < 1.29 is 22.7 Å². The van der Waals surface area contributed by atoms with Crippen LogP contribution in [-0.4, -0.2) is 28.3 Å². The van der Waals surface area contributed by atoms with Gasteiger partial charge in [-0.15, -0.1) is 0 Å². The standard InChI is InChI=1S/C16H18F3N3O2/c1-11(15(23)20-8-7-12-9-21-22(2)10-12)24-14-6-4-3-5-13(14)16(17,18)19/h3-6,9-11H,7-8H2,1-2H3,(H,20,23)/t11-/m0/s1. The largest absolute Gasteiger partial charge is 0.480 e. The molecule has 0 spiro atoms. The number of alkyl halides is 3. The monoisotopic (exact) mass is 341 g/mol. The van der Waals surface area contributed by atoms with Crippen LogP contribution < -0.4 is 10.1 Å². The van der Waals surface area contributed by atoms with E-state index in [1.807, 2.05) is 6.20 Å². The Labute approximate surface area is 137 Å². The lowest BCUT2D eigenvalue weighted by Gasteiger charge is -2.18. The van der Waals surface area contributed by atoms with Gasteiger partial charge in [-0.25, -0.2) is 0 Å². The zero-order valence-electron chi connectivity index (χ0n) is 13.3. The van der Waals surface area contributed by atoms with Gasteiger partial charge in [0.25, 0.3) is 5.91 Å². The molecule has 8 heteroatoms. The van der Waals surface area contributed by atoms with Crippen molar-refractivity contribution in [1.29, 1.82) is 0 Å². The number of aryl methyl sites for hydroxylation is 1. The molecular weight excluding hydrogens is 323 g/mol. The molecule has 1 aromatic carbocycles. The first-order chi connectivity index (χ1) is 11.3. The maximum atomic E-state index is 12.9. The summed E-state index contributed by atoms with van der Waals surface area (Å²) in [5.41, 5.74) is 0.0498. The number of hydrogen-bond acceptors (Lipinski definition) is 3. The highest BCUT2D eigenvalue weighted by atomic mass is 19.4. The van der Waals surface area contributed by atoms with Gasteiger partial charge in [0.15, 0.2) is 6.10 Å². The summed E-state index contributed by atoms with van der Waals surface area (Å²) in [6.07, 6.45) is -1.49. The van der Waals surface area contributed by atoms with E-state index in [4.69, 9.17) is 4.74 Å². The number of nitrogens with one attached hydrogen (secondary N) is 1. The third-order valence-corrected chi connectivity index (χ3v) is 3.34. The molecule has 0 aliphatic carbocycles. The topological polar surface area (TPSA) is 56.1 Å². The summed E-state index contributed by atoms with van der Waals surface area (Å²) in [7, 11) is 1.79. The molecule has 0 fully saturated rings. The highest BCUT2D eigenvalue weighted by Gasteiger charge is 2.34. The molecule has 0 saturated heterocycles. The molecule has 0 bridgehead atoms. The Morgan fingerprint density at radius 2 is 2.08 bits per heavy atom. The van der Waals surface area contributed by atoms with Crippen molar-refractivity contribution in [2.45, 2.75) is 25.6 Å². The van der Waals surface area contributed by atoms with Gasteiger partial charge in [0, 0.05) is 19.8 Å². The molecule has 130 valence electrons. The van der Waals surface area contributed by atoms with Crippen molar-refractivity contribution in [3.8, 4) is 5.75 Å². The lowest BCUT2D eigenvalue weighted by molar-refractivity contribution is -0.140. The fourth-order valence-electron chi connectivity index (χ4n) is 2.12. The summed E-state index contributed by atoms with van der Waals surface area (Å²) >= 11 is 0. The molecule has 1 aromatic heterocycles. The van der Waals surface area contributed by atoms with E-state index in [9.17, 15) is 18.0 Å². The van der Waals surface area contributed by atoms with Crippen molar-refractivity contribution in [2.75, 3.05) is 6.54 Å². The normalized spacial score (nSPS) is 12.7. The van der Waals surface area contributed by atoms with Crippen LogP contribution in [0.4, 0.5) is 13.2 Å². The van der Waals surface area contributed by atoms with Gasteiger partial charge in [0.2, 0.25) is 0 Å². The van der Waals surface area contributed by atoms with E-state index in [1.165, 1.54) is 25.1 Å². The molecule has 0 radical (unpaired) electrons. The van der Waals surface area contributed by atoms with Crippen molar-refractivity contribution in [3.63, 3.8) is 0 Å². The Bertz CT molecular complexity index is 698. The van der Waals surface area contributed by atoms with Crippen LogP contribution in [0.5, 0.6) is 5.75 Å². The van der Waals surface area contributed by atoms with E-state index in [0.29, 0.717) is 13.0 Å². The van der Waals surface area contributed by atoms with E-state index in [-0.39, 0.29) is 5.75 Å². The van der Waals surface area contributed by atoms with Gasteiger partial charge in [-0.1, -0.05) is 12.1 Å². The second-order valence-corrected chi connectivity index (χ2v) is 5.32. The quantitative estimate of drug-likeness (QED) is 0.879. The predicted molar refractivity (Wildman–Crippen MR) is 81.5 cm³/mol. The molecule has 1 amide bonds. The summed E-state index contributed by atoms with van der Waals surface area (Å²) in [6, 6.07) is 4.82. The van der Waals surface area contributed by atoms with Gasteiger partial charge in [0.05, 0.1) is 11.8 Å². The molecule has 1 atom stereocenters. The minimum Gasteiger partial charge on any atom is -0.480 e. The van der Waals surface area contributed by atoms with Crippen LogP contribution in [0.25, 0.3) is 0 Å². The molecule has 1 N–H and O–H groups in total. The van der Waals surface area contributed by atoms with Crippen molar-refractivity contribution >= 4 is 5.91 Å². The molecule has 1 heterocycles. The Hall–Kier alpha value is -2.51. The Kier molecular flexibility index (Phi) is 5.48. The zero-order chi connectivity index (χ0) is 17.7. The number of hydrogen-bond donors (Lipinski definition) is 1. The lowest BCUT2D eigenvalue weighted by Crippen LogP contribution is -2.37. The smallest absolute Gasteiger partial charge is 0.419 e. The summed E-state index contributed by atoms with van der Waals surface area (Å²) in [5.74, 6) is -0.837. The van der Waals surface area contributed by atoms with E-state index < -0.39 is 23.8 Å². The number of nitrogens with zero attached hydrogens (tertiary/aromatic N) is 2. The van der Waals surface area contributed by atoms with Crippen LogP contribution in [0, 0.1) is 0 Å². The van der Waals surface area contributed by atoms with Crippen LogP contribution >= 0.6 is 0 Å². The van der Waals surface area contributed by atoms with Crippen LogP contribution in [0.15, 0.2) is 36.7 Å². The number of carbonyl (C=O) groups excluding carboxylic acids is 1. The SMILES string of the molecule is C[C@H](Oc1ccccc1C(F)(F)F)C(=O)NCCc1cnn(C)c1. The van der Waals surface area contributed by atoms with E-state index >= 15 is 0 Å². The Morgan fingerprint density at radius 3 is 2.71 bits per heavy atom. The van der Waals surface area contributed by atoms with E-state index in [1.54, 1.807) is 17.9 Å². The Morgan fingerprint density at radius 1 is 1.38 bits per heavy atom. The molecule has 24 heavy (non-hydrogen) atoms. The number of benzene rings is 1. The fraction of sp³-hybridized carbons (Fsp3) is 0.375. The van der Waals surface area contributed by atoms with Crippen molar-refractivity contribution in [2.24, 2.45) is 7.05 Å². The van der Waals surface area contributed by atoms with Crippen molar-refractivity contribution in [3.05, 3.63) is 47.8 Å². The van der Waals surface area contributed by atoms with Crippen LogP contribution in [0.2, 0.25) is 0 Å². The minimum absolute atomic E-state index is 0.346. The molecule has 0 unspecified atom stereocenters. The summed E-state index contributed by atoms with van der Waals surface area (Å²) in [4.78, 5) is 12.0. The maximum Gasteiger partial charge on any atom is 0.419 e. The molecule has 0 saturated carbocycles. The molecule has 5 nitrogen and oxygen atoms in total. The number of amides is 1. The number of para-hydroxylation sites is 1. The highest BCUT2D eigenvalue weighted by Crippen LogP contribution is 2.36. The van der Waals surface area contributed by atoms with Gasteiger partial charge in [0.1, 0.15) is 5.75 Å². The molecule has 2 aromatic rings. The first-order valence-corrected chi connectivity index (χ1v) is 7.35. The van der Waals surface area contributed by atoms with Gasteiger partial charge in [-0.05, 0) is 31.0 Å². The first-order valence-electron chi connectivity index (χ1n) is 7.35. The second kappa shape index (κ2) is 7.37. The maximum absolute atomic E-state index is 12.9. The summed E-state index contributed by atoms with van der Waals surface area (Å²) in [5, 5.41) is 6.65. The number of rotatable bonds is 6. The molecule has 0 aliphatic rings. The summed E-state index contributed by atoms with van der Waals surface area (Å²) in [6.45, 7) is 1.76. The van der Waals surface area contributed by atoms with Gasteiger partial charge < -0.3 is 10.1 Å². The van der Waals surface area contributed by atoms with Crippen LogP contribution in [-0.2, 0) is 24.4 Å². The number of ether oxygens (including phenoxy) is 1. The highest BCUT2D eigenvalue weighted by molar-refractivity contribution is 5.80. The zero-order valence-corrected chi connectivity index (χ0v) is 13.3. The van der Waals surface area contributed by atoms with E-state index in [2.05, 4.69) is 10.4 Å². The third kappa shape index (κ3) is 4.74. The average Bonchev–Trinajstić information content (AvgIpc) is 2.92. The lowest BCUT2D eigenvalue weighted by atomic mass is 10.2. The average molecular weight is 341 g/mol. The Balaban J connectivity index is 1.90. The number of carbonyl (C=O) groups is 1. The molecular formula is C16H18F3N3O2. The first kappa shape index (κ1) is 17.8. The third-order valence-electron chi connectivity index (χ3n) is 3.34. The van der Waals surface area contributed by atoms with Gasteiger partial charge >= 0.3 is 6.18 Å². The van der Waals surface area contributed by atoms with E-state index in [0.717, 1.165) is 11.6 Å². The second-order valence-electron chi connectivity index (χ2n) is 5.32. The molecule has 2 rings (SSSR count). The molecule has 0 aliphatic heterocycles. The summed E-state index contributed by atoms with van der Waals surface area (Å²) < 4.78 is 45.6. The minimum atomic E-state index is -4.53. The van der Waals surface area contributed by atoms with Crippen molar-refractivity contribution in [1.82, 2.24) is 15.1 Å². The van der Waals surface area contributed by atoms with Gasteiger partial charge in [-0.3, -0.25) is 9.48 Å². The number of aromatic nitrogens is 2. The van der Waals surface area contributed by atoms with Gasteiger partial charge in [-0.2, -0.15) is 18.3 Å².